The Labute approximate surface area is 104 Å². The Morgan fingerprint density at radius 2 is 2.18 bits per heavy atom. The molecule has 3 nitrogen and oxygen atoms in total. The van der Waals surface area contributed by atoms with Gasteiger partial charge in [0, 0.05) is 17.6 Å². The molecule has 0 unspecified atom stereocenters. The van der Waals surface area contributed by atoms with Gasteiger partial charge in [-0.3, -0.25) is 0 Å². The highest BCUT2D eigenvalue weighted by atomic mass is 16.5. The van der Waals surface area contributed by atoms with Crippen LogP contribution in [0.15, 0.2) is 17.2 Å². The summed E-state index contributed by atoms with van der Waals surface area (Å²) in [4.78, 5) is 0. The molecule has 0 spiro atoms. The standard InChI is InChI=1S/C14H24N2O/c1-6-8-9-13(7-2)15-10(3)14-11(4)16-17-12(14)5/h6,10,13,15H,1,7-9H2,2-5H3/t10-,13+/m0/s1. The molecule has 0 aliphatic carbocycles. The van der Waals surface area contributed by atoms with Crippen LogP contribution in [-0.4, -0.2) is 11.2 Å². The van der Waals surface area contributed by atoms with Gasteiger partial charge in [-0.2, -0.15) is 0 Å². The summed E-state index contributed by atoms with van der Waals surface area (Å²) >= 11 is 0. The van der Waals surface area contributed by atoms with E-state index in [1.807, 2.05) is 19.9 Å². The van der Waals surface area contributed by atoms with E-state index in [1.165, 1.54) is 5.56 Å². The highest BCUT2D eigenvalue weighted by Crippen LogP contribution is 2.22. The first-order valence-corrected chi connectivity index (χ1v) is 6.39. The molecule has 96 valence electrons. The van der Waals surface area contributed by atoms with Gasteiger partial charge in [-0.1, -0.05) is 18.2 Å². The number of aryl methyl sites for hydroxylation is 2. The smallest absolute Gasteiger partial charge is 0.138 e. The molecule has 1 heterocycles. The summed E-state index contributed by atoms with van der Waals surface area (Å²) in [6.45, 7) is 12.1. The lowest BCUT2D eigenvalue weighted by Crippen LogP contribution is -2.31. The van der Waals surface area contributed by atoms with Gasteiger partial charge in [0.15, 0.2) is 0 Å². The molecule has 0 saturated heterocycles. The summed E-state index contributed by atoms with van der Waals surface area (Å²) in [6, 6.07) is 0.813. The number of allylic oxidation sites excluding steroid dienone is 1. The van der Waals surface area contributed by atoms with E-state index in [0.29, 0.717) is 6.04 Å². The second-order valence-electron chi connectivity index (χ2n) is 4.60. The molecule has 0 radical (unpaired) electrons. The maximum Gasteiger partial charge on any atom is 0.138 e. The minimum atomic E-state index is 0.288. The molecule has 0 fully saturated rings. The van der Waals surface area contributed by atoms with Gasteiger partial charge in [0.1, 0.15) is 5.76 Å². The van der Waals surface area contributed by atoms with Crippen molar-refractivity contribution in [2.24, 2.45) is 0 Å². The Hall–Kier alpha value is -1.09. The van der Waals surface area contributed by atoms with Crippen LogP contribution >= 0.6 is 0 Å². The van der Waals surface area contributed by atoms with Crippen LogP contribution in [-0.2, 0) is 0 Å². The average molecular weight is 236 g/mol. The number of hydrogen-bond acceptors (Lipinski definition) is 3. The van der Waals surface area contributed by atoms with E-state index >= 15 is 0 Å². The van der Waals surface area contributed by atoms with Crippen molar-refractivity contribution < 1.29 is 4.52 Å². The van der Waals surface area contributed by atoms with Gasteiger partial charge in [-0.05, 0) is 40.0 Å². The molecule has 1 N–H and O–H groups in total. The van der Waals surface area contributed by atoms with Crippen molar-refractivity contribution in [3.63, 3.8) is 0 Å². The first-order valence-electron chi connectivity index (χ1n) is 6.39. The van der Waals surface area contributed by atoms with Crippen LogP contribution in [0.5, 0.6) is 0 Å². The molecule has 0 aliphatic heterocycles. The molecule has 3 heteroatoms. The van der Waals surface area contributed by atoms with Gasteiger partial charge in [0.05, 0.1) is 5.69 Å². The van der Waals surface area contributed by atoms with Crippen LogP contribution in [0.4, 0.5) is 0 Å². The summed E-state index contributed by atoms with van der Waals surface area (Å²) < 4.78 is 5.21. The fraction of sp³-hybridized carbons (Fsp3) is 0.643. The number of hydrogen-bond donors (Lipinski definition) is 1. The molecule has 0 bridgehead atoms. The zero-order valence-corrected chi connectivity index (χ0v) is 11.4. The molecule has 0 amide bonds. The van der Waals surface area contributed by atoms with Crippen molar-refractivity contribution in [2.45, 2.75) is 59.0 Å². The van der Waals surface area contributed by atoms with Crippen LogP contribution < -0.4 is 5.32 Å². The van der Waals surface area contributed by atoms with E-state index in [2.05, 4.69) is 30.9 Å². The van der Waals surface area contributed by atoms with Crippen molar-refractivity contribution >= 4 is 0 Å². The highest BCUT2D eigenvalue weighted by Gasteiger charge is 2.18. The molecule has 1 aromatic rings. The van der Waals surface area contributed by atoms with Crippen LogP contribution in [0.3, 0.4) is 0 Å². The Bertz CT molecular complexity index is 338. The van der Waals surface area contributed by atoms with Crippen LogP contribution in [0, 0.1) is 13.8 Å². The lowest BCUT2D eigenvalue weighted by atomic mass is 10.0. The topological polar surface area (TPSA) is 38.1 Å². The van der Waals surface area contributed by atoms with Crippen LogP contribution in [0.1, 0.15) is 56.2 Å². The van der Waals surface area contributed by atoms with Crippen molar-refractivity contribution in [3.05, 3.63) is 29.7 Å². The Morgan fingerprint density at radius 1 is 1.47 bits per heavy atom. The van der Waals surface area contributed by atoms with E-state index in [0.717, 1.165) is 30.7 Å². The van der Waals surface area contributed by atoms with Crippen molar-refractivity contribution in [1.82, 2.24) is 10.5 Å². The molecule has 1 rings (SSSR count). The van der Waals surface area contributed by atoms with E-state index in [1.54, 1.807) is 0 Å². The molecule has 0 aliphatic rings. The molecular weight excluding hydrogens is 212 g/mol. The predicted octanol–water partition coefficient (Wildman–Crippen LogP) is 3.69. The van der Waals surface area contributed by atoms with E-state index in [-0.39, 0.29) is 6.04 Å². The fourth-order valence-electron chi connectivity index (χ4n) is 2.27. The molecule has 17 heavy (non-hydrogen) atoms. The lowest BCUT2D eigenvalue weighted by molar-refractivity contribution is 0.386. The summed E-state index contributed by atoms with van der Waals surface area (Å²) in [5, 5.41) is 7.64. The number of nitrogens with one attached hydrogen (secondary N) is 1. The van der Waals surface area contributed by atoms with Crippen molar-refractivity contribution in [1.29, 1.82) is 0 Å². The zero-order valence-electron chi connectivity index (χ0n) is 11.4. The third-order valence-corrected chi connectivity index (χ3v) is 3.22. The first kappa shape index (κ1) is 14.0. The molecular formula is C14H24N2O. The average Bonchev–Trinajstić information content (AvgIpc) is 2.64. The van der Waals surface area contributed by atoms with E-state index in [4.69, 9.17) is 4.52 Å². The largest absolute Gasteiger partial charge is 0.361 e. The Kier molecular flexibility index (Phi) is 5.42. The van der Waals surface area contributed by atoms with Gasteiger partial charge in [-0.25, -0.2) is 0 Å². The molecule has 2 atom stereocenters. The van der Waals surface area contributed by atoms with Crippen molar-refractivity contribution in [3.8, 4) is 0 Å². The van der Waals surface area contributed by atoms with Gasteiger partial charge in [-0.15, -0.1) is 6.58 Å². The summed E-state index contributed by atoms with van der Waals surface area (Å²) in [5.74, 6) is 0.918. The fourth-order valence-corrected chi connectivity index (χ4v) is 2.27. The summed E-state index contributed by atoms with van der Waals surface area (Å²) in [7, 11) is 0. The van der Waals surface area contributed by atoms with Gasteiger partial charge >= 0.3 is 0 Å². The monoisotopic (exact) mass is 236 g/mol. The minimum absolute atomic E-state index is 0.288. The van der Waals surface area contributed by atoms with Crippen LogP contribution in [0.25, 0.3) is 0 Å². The molecule has 1 aromatic heterocycles. The third kappa shape index (κ3) is 3.70. The maximum absolute atomic E-state index is 5.21. The molecule has 0 saturated carbocycles. The maximum atomic E-state index is 5.21. The molecule has 0 aromatic carbocycles. The van der Waals surface area contributed by atoms with Crippen LogP contribution in [0.2, 0.25) is 0 Å². The normalized spacial score (nSPS) is 14.6. The quantitative estimate of drug-likeness (QED) is 0.734. The summed E-state index contributed by atoms with van der Waals surface area (Å²) in [6.07, 6.45) is 5.29. The van der Waals surface area contributed by atoms with Crippen molar-refractivity contribution in [2.75, 3.05) is 0 Å². The van der Waals surface area contributed by atoms with E-state index < -0.39 is 0 Å². The van der Waals surface area contributed by atoms with Gasteiger partial charge in [0.2, 0.25) is 0 Å². The summed E-state index contributed by atoms with van der Waals surface area (Å²) in [5.41, 5.74) is 2.18. The number of nitrogens with zero attached hydrogens (tertiary/aromatic N) is 1. The number of aromatic nitrogens is 1. The second kappa shape index (κ2) is 6.60. The second-order valence-corrected chi connectivity index (χ2v) is 4.60. The van der Waals surface area contributed by atoms with E-state index in [9.17, 15) is 0 Å². The Morgan fingerprint density at radius 3 is 2.65 bits per heavy atom. The Balaban J connectivity index is 2.64. The predicted molar refractivity (Wildman–Crippen MR) is 71.0 cm³/mol. The number of rotatable bonds is 7. The third-order valence-electron chi connectivity index (χ3n) is 3.22. The zero-order chi connectivity index (χ0) is 12.8. The highest BCUT2D eigenvalue weighted by molar-refractivity contribution is 5.24. The minimum Gasteiger partial charge on any atom is -0.361 e. The van der Waals surface area contributed by atoms with Gasteiger partial charge in [0.25, 0.3) is 0 Å². The SMILES string of the molecule is C=CCC[C@@H](CC)N[C@@H](C)c1c(C)noc1C. The van der Waals surface area contributed by atoms with Gasteiger partial charge < -0.3 is 9.84 Å². The first-order chi connectivity index (χ1) is 8.10. The lowest BCUT2D eigenvalue weighted by Gasteiger charge is -2.22.